The Balaban J connectivity index is 2.10. The van der Waals surface area contributed by atoms with Crippen molar-refractivity contribution in [3.05, 3.63) is 30.5 Å². The minimum absolute atomic E-state index is 0.426. The highest BCUT2D eigenvalue weighted by atomic mass is 16.5. The first kappa shape index (κ1) is 16.5. The van der Waals surface area contributed by atoms with Crippen LogP contribution >= 0.6 is 0 Å². The van der Waals surface area contributed by atoms with Crippen LogP contribution < -0.4 is 10.1 Å². The average molecular weight is 303 g/mol. The van der Waals surface area contributed by atoms with Gasteiger partial charge < -0.3 is 20.1 Å². The zero-order chi connectivity index (χ0) is 15.9. The number of rotatable bonds is 8. The Morgan fingerprint density at radius 3 is 2.77 bits per heavy atom. The number of benzene rings is 1. The van der Waals surface area contributed by atoms with Gasteiger partial charge in [-0.25, -0.2) is 0 Å². The number of hydrogen-bond acceptors (Lipinski definition) is 5. The van der Waals surface area contributed by atoms with Gasteiger partial charge in [-0.3, -0.25) is 4.98 Å². The van der Waals surface area contributed by atoms with Crippen molar-refractivity contribution in [1.29, 1.82) is 0 Å². The molecule has 1 aromatic heterocycles. The number of ether oxygens (including phenoxy) is 1. The molecule has 1 atom stereocenters. The summed E-state index contributed by atoms with van der Waals surface area (Å²) in [7, 11) is 1.65. The topological polar surface area (TPSA) is 57.6 Å². The van der Waals surface area contributed by atoms with Gasteiger partial charge in [-0.1, -0.05) is 19.9 Å². The number of nitrogens with one attached hydrogen (secondary N) is 1. The molecule has 2 rings (SSSR count). The van der Waals surface area contributed by atoms with Gasteiger partial charge in [0, 0.05) is 30.7 Å². The predicted octanol–water partition coefficient (Wildman–Crippen LogP) is 2.36. The van der Waals surface area contributed by atoms with E-state index in [0.717, 1.165) is 35.4 Å². The molecule has 1 aromatic carbocycles. The molecule has 0 saturated heterocycles. The van der Waals surface area contributed by atoms with Crippen LogP contribution in [0.2, 0.25) is 0 Å². The Hall–Kier alpha value is -1.85. The third kappa shape index (κ3) is 4.08. The SMILES string of the molecule is CCN(CC)CC(O)CNc1cc(OC)cc2cccnc12. The summed E-state index contributed by atoms with van der Waals surface area (Å²) >= 11 is 0. The first-order chi connectivity index (χ1) is 10.7. The number of anilines is 1. The van der Waals surface area contributed by atoms with Crippen LogP contribution in [0.15, 0.2) is 30.5 Å². The van der Waals surface area contributed by atoms with Crippen LogP contribution in [0.1, 0.15) is 13.8 Å². The number of aliphatic hydroxyl groups is 1. The number of aliphatic hydroxyl groups excluding tert-OH is 1. The van der Waals surface area contributed by atoms with E-state index in [0.29, 0.717) is 13.1 Å². The molecule has 5 heteroatoms. The van der Waals surface area contributed by atoms with Crippen molar-refractivity contribution in [2.45, 2.75) is 20.0 Å². The summed E-state index contributed by atoms with van der Waals surface area (Å²) in [6, 6.07) is 7.78. The first-order valence-electron chi connectivity index (χ1n) is 7.75. The summed E-state index contributed by atoms with van der Waals surface area (Å²) in [5.74, 6) is 0.779. The molecule has 0 fully saturated rings. The van der Waals surface area contributed by atoms with Gasteiger partial charge in [0.1, 0.15) is 5.75 Å². The fourth-order valence-electron chi connectivity index (χ4n) is 2.49. The molecule has 1 unspecified atom stereocenters. The van der Waals surface area contributed by atoms with Gasteiger partial charge in [-0.2, -0.15) is 0 Å². The van der Waals surface area contributed by atoms with Crippen LogP contribution in [0, 0.1) is 0 Å². The molecule has 2 N–H and O–H groups in total. The second-order valence-electron chi connectivity index (χ2n) is 5.27. The second kappa shape index (κ2) is 7.96. The molecular formula is C17H25N3O2. The summed E-state index contributed by atoms with van der Waals surface area (Å²) in [4.78, 5) is 6.62. The van der Waals surface area contributed by atoms with Crippen molar-refractivity contribution < 1.29 is 9.84 Å². The average Bonchev–Trinajstić information content (AvgIpc) is 2.57. The van der Waals surface area contributed by atoms with Crippen molar-refractivity contribution >= 4 is 16.6 Å². The van der Waals surface area contributed by atoms with E-state index in [4.69, 9.17) is 4.74 Å². The molecule has 0 aliphatic carbocycles. The van der Waals surface area contributed by atoms with Crippen LogP contribution in [0.5, 0.6) is 5.75 Å². The van der Waals surface area contributed by atoms with Crippen LogP contribution in [0.4, 0.5) is 5.69 Å². The molecule has 0 amide bonds. The third-order valence-electron chi connectivity index (χ3n) is 3.81. The Bertz CT molecular complexity index is 599. The maximum absolute atomic E-state index is 10.2. The summed E-state index contributed by atoms with van der Waals surface area (Å²) in [6.45, 7) is 7.23. The normalized spacial score (nSPS) is 12.6. The van der Waals surface area contributed by atoms with Gasteiger partial charge in [0.25, 0.3) is 0 Å². The molecule has 5 nitrogen and oxygen atoms in total. The molecule has 0 aliphatic rings. The number of nitrogens with zero attached hydrogens (tertiary/aromatic N) is 2. The fourth-order valence-corrected chi connectivity index (χ4v) is 2.49. The standard InChI is InChI=1S/C17H25N3O2/c1-4-20(5-2)12-14(21)11-19-16-10-15(22-3)9-13-7-6-8-18-17(13)16/h6-10,14,19,21H,4-5,11-12H2,1-3H3. The molecule has 0 bridgehead atoms. The lowest BCUT2D eigenvalue weighted by atomic mass is 10.1. The van der Waals surface area contributed by atoms with Crippen molar-refractivity contribution in [2.24, 2.45) is 0 Å². The fraction of sp³-hybridized carbons (Fsp3) is 0.471. The smallest absolute Gasteiger partial charge is 0.121 e. The van der Waals surface area contributed by atoms with Gasteiger partial charge in [0.15, 0.2) is 0 Å². The van der Waals surface area contributed by atoms with Crippen molar-refractivity contribution in [3.8, 4) is 5.75 Å². The number of fused-ring (bicyclic) bond motifs is 1. The largest absolute Gasteiger partial charge is 0.497 e. The molecular weight excluding hydrogens is 278 g/mol. The van der Waals surface area contributed by atoms with Gasteiger partial charge in [0.05, 0.1) is 24.4 Å². The van der Waals surface area contributed by atoms with Gasteiger partial charge >= 0.3 is 0 Å². The number of aromatic nitrogens is 1. The monoisotopic (exact) mass is 303 g/mol. The highest BCUT2D eigenvalue weighted by molar-refractivity contribution is 5.91. The lowest BCUT2D eigenvalue weighted by Crippen LogP contribution is -2.35. The Morgan fingerprint density at radius 2 is 2.09 bits per heavy atom. The molecule has 0 radical (unpaired) electrons. The van der Waals surface area contributed by atoms with Gasteiger partial charge in [-0.15, -0.1) is 0 Å². The number of likely N-dealkylation sites (N-methyl/N-ethyl adjacent to an activating group) is 1. The van der Waals surface area contributed by atoms with E-state index in [1.165, 1.54) is 0 Å². The zero-order valence-corrected chi connectivity index (χ0v) is 13.5. The molecule has 2 aromatic rings. The van der Waals surface area contributed by atoms with Gasteiger partial charge in [0.2, 0.25) is 0 Å². The van der Waals surface area contributed by atoms with E-state index >= 15 is 0 Å². The lowest BCUT2D eigenvalue weighted by Gasteiger charge is -2.22. The Labute approximate surface area is 131 Å². The molecule has 1 heterocycles. The predicted molar refractivity (Wildman–Crippen MR) is 90.6 cm³/mol. The minimum Gasteiger partial charge on any atom is -0.497 e. The first-order valence-corrected chi connectivity index (χ1v) is 7.75. The molecule has 120 valence electrons. The molecule has 0 saturated carbocycles. The van der Waals surface area contributed by atoms with Crippen LogP contribution in [-0.4, -0.2) is 54.4 Å². The van der Waals surface area contributed by atoms with E-state index in [1.807, 2.05) is 24.3 Å². The third-order valence-corrected chi connectivity index (χ3v) is 3.81. The van der Waals surface area contributed by atoms with Crippen LogP contribution in [0.25, 0.3) is 10.9 Å². The number of pyridine rings is 1. The highest BCUT2D eigenvalue weighted by Gasteiger charge is 2.11. The highest BCUT2D eigenvalue weighted by Crippen LogP contribution is 2.27. The maximum atomic E-state index is 10.2. The lowest BCUT2D eigenvalue weighted by molar-refractivity contribution is 0.128. The number of methoxy groups -OCH3 is 1. The van der Waals surface area contributed by atoms with Crippen molar-refractivity contribution in [1.82, 2.24) is 9.88 Å². The van der Waals surface area contributed by atoms with Crippen molar-refractivity contribution in [2.75, 3.05) is 38.6 Å². The second-order valence-corrected chi connectivity index (χ2v) is 5.27. The molecule has 0 spiro atoms. The zero-order valence-electron chi connectivity index (χ0n) is 13.5. The number of hydrogen-bond donors (Lipinski definition) is 2. The van der Waals surface area contributed by atoms with Crippen LogP contribution in [0.3, 0.4) is 0 Å². The van der Waals surface area contributed by atoms with E-state index in [9.17, 15) is 5.11 Å². The molecule has 22 heavy (non-hydrogen) atoms. The van der Waals surface area contributed by atoms with Crippen LogP contribution in [-0.2, 0) is 0 Å². The molecule has 0 aliphatic heterocycles. The summed E-state index contributed by atoms with van der Waals surface area (Å²) < 4.78 is 5.33. The van der Waals surface area contributed by atoms with Crippen molar-refractivity contribution in [3.63, 3.8) is 0 Å². The minimum atomic E-state index is -0.426. The Kier molecular flexibility index (Phi) is 5.98. The summed E-state index contributed by atoms with van der Waals surface area (Å²) in [6.07, 6.45) is 1.34. The summed E-state index contributed by atoms with van der Waals surface area (Å²) in [5.41, 5.74) is 1.77. The van der Waals surface area contributed by atoms with E-state index in [2.05, 4.69) is 29.0 Å². The Morgan fingerprint density at radius 1 is 1.32 bits per heavy atom. The maximum Gasteiger partial charge on any atom is 0.121 e. The van der Waals surface area contributed by atoms with E-state index < -0.39 is 6.10 Å². The van der Waals surface area contributed by atoms with E-state index in [-0.39, 0.29) is 0 Å². The van der Waals surface area contributed by atoms with E-state index in [1.54, 1.807) is 13.3 Å². The van der Waals surface area contributed by atoms with Gasteiger partial charge in [-0.05, 0) is 25.2 Å². The summed E-state index contributed by atoms with van der Waals surface area (Å²) in [5, 5.41) is 14.5. The quantitative estimate of drug-likeness (QED) is 0.784.